The number of anilines is 3. The number of rotatable bonds is 5. The SMILES string of the molecule is CC(=O)N(c1ccc(F)cc1)c1cc(NC(=O)Cc2ccc(F)cc2Cl)ccn1. The molecule has 1 heterocycles. The molecule has 2 aromatic carbocycles. The fourth-order valence-corrected chi connectivity index (χ4v) is 2.96. The van der Waals surface area contributed by atoms with E-state index in [0.29, 0.717) is 16.9 Å². The van der Waals surface area contributed by atoms with Crippen LogP contribution in [-0.4, -0.2) is 16.8 Å². The van der Waals surface area contributed by atoms with Gasteiger partial charge in [-0.1, -0.05) is 17.7 Å². The molecular weight excluding hydrogens is 400 g/mol. The number of pyridine rings is 1. The highest BCUT2D eigenvalue weighted by Crippen LogP contribution is 2.26. The first kappa shape index (κ1) is 20.4. The van der Waals surface area contributed by atoms with Crippen molar-refractivity contribution in [3.05, 3.63) is 83.0 Å². The summed E-state index contributed by atoms with van der Waals surface area (Å²) in [6.07, 6.45) is 1.39. The monoisotopic (exact) mass is 415 g/mol. The van der Waals surface area contributed by atoms with Crippen molar-refractivity contribution in [1.29, 1.82) is 0 Å². The Bertz CT molecular complexity index is 1060. The zero-order valence-electron chi connectivity index (χ0n) is 15.3. The van der Waals surface area contributed by atoms with Gasteiger partial charge in [-0.25, -0.2) is 13.8 Å². The Morgan fingerprint density at radius 1 is 1.03 bits per heavy atom. The lowest BCUT2D eigenvalue weighted by Crippen LogP contribution is -2.24. The molecule has 0 aliphatic carbocycles. The lowest BCUT2D eigenvalue weighted by Gasteiger charge is -2.20. The van der Waals surface area contributed by atoms with Crippen LogP contribution in [0.4, 0.5) is 26.0 Å². The molecule has 1 N–H and O–H groups in total. The summed E-state index contributed by atoms with van der Waals surface area (Å²) in [5.41, 5.74) is 1.33. The van der Waals surface area contributed by atoms with Gasteiger partial charge in [0.25, 0.3) is 0 Å². The summed E-state index contributed by atoms with van der Waals surface area (Å²) < 4.78 is 26.3. The highest BCUT2D eigenvalue weighted by atomic mass is 35.5. The largest absolute Gasteiger partial charge is 0.326 e. The highest BCUT2D eigenvalue weighted by Gasteiger charge is 2.17. The summed E-state index contributed by atoms with van der Waals surface area (Å²) in [5, 5.41) is 2.86. The highest BCUT2D eigenvalue weighted by molar-refractivity contribution is 6.31. The van der Waals surface area contributed by atoms with Crippen molar-refractivity contribution in [2.75, 3.05) is 10.2 Å². The number of carbonyl (C=O) groups is 2. The van der Waals surface area contributed by atoms with Gasteiger partial charge in [-0.15, -0.1) is 0 Å². The van der Waals surface area contributed by atoms with Crippen LogP contribution in [0.2, 0.25) is 5.02 Å². The van der Waals surface area contributed by atoms with Crippen molar-refractivity contribution >= 4 is 40.6 Å². The Morgan fingerprint density at radius 2 is 1.72 bits per heavy atom. The van der Waals surface area contributed by atoms with Gasteiger partial charge in [-0.2, -0.15) is 0 Å². The van der Waals surface area contributed by atoms with Crippen molar-refractivity contribution in [2.45, 2.75) is 13.3 Å². The summed E-state index contributed by atoms with van der Waals surface area (Å²) in [7, 11) is 0. The molecule has 148 valence electrons. The van der Waals surface area contributed by atoms with Gasteiger partial charge in [0.1, 0.15) is 17.5 Å². The van der Waals surface area contributed by atoms with Crippen LogP contribution in [0.25, 0.3) is 0 Å². The Hall–Kier alpha value is -3.32. The summed E-state index contributed by atoms with van der Waals surface area (Å²) in [6.45, 7) is 1.35. The molecule has 0 spiro atoms. The average Bonchev–Trinajstić information content (AvgIpc) is 2.66. The second-order valence-electron chi connectivity index (χ2n) is 6.19. The van der Waals surface area contributed by atoms with Crippen LogP contribution in [-0.2, 0) is 16.0 Å². The number of benzene rings is 2. The standard InChI is InChI=1S/C21H16ClF2N3O2/c1-13(28)27(18-6-4-15(23)5-7-18)20-12-17(8-9-25-20)26-21(29)10-14-2-3-16(24)11-19(14)22/h2-9,11-12H,10H2,1H3,(H,25,26,29). The quantitative estimate of drug-likeness (QED) is 0.646. The zero-order chi connectivity index (χ0) is 21.0. The molecule has 0 radical (unpaired) electrons. The number of hydrogen-bond donors (Lipinski definition) is 1. The predicted octanol–water partition coefficient (Wildman–Crippen LogP) is 4.88. The predicted molar refractivity (Wildman–Crippen MR) is 107 cm³/mol. The van der Waals surface area contributed by atoms with Crippen molar-refractivity contribution in [1.82, 2.24) is 4.98 Å². The lowest BCUT2D eigenvalue weighted by molar-refractivity contribution is -0.116. The van der Waals surface area contributed by atoms with Gasteiger partial charge in [0.2, 0.25) is 11.8 Å². The number of amides is 2. The smallest absolute Gasteiger partial charge is 0.229 e. The third-order valence-corrected chi connectivity index (χ3v) is 4.38. The molecule has 5 nitrogen and oxygen atoms in total. The van der Waals surface area contributed by atoms with E-state index in [1.165, 1.54) is 60.5 Å². The second kappa shape index (κ2) is 8.79. The van der Waals surface area contributed by atoms with Crippen LogP contribution in [0.1, 0.15) is 12.5 Å². The van der Waals surface area contributed by atoms with E-state index in [4.69, 9.17) is 11.6 Å². The first-order valence-electron chi connectivity index (χ1n) is 8.59. The van der Waals surface area contributed by atoms with E-state index < -0.39 is 11.6 Å². The molecule has 8 heteroatoms. The third kappa shape index (κ3) is 5.14. The lowest BCUT2D eigenvalue weighted by atomic mass is 10.1. The molecule has 2 amide bonds. The molecular formula is C21H16ClF2N3O2. The molecule has 29 heavy (non-hydrogen) atoms. The topological polar surface area (TPSA) is 62.3 Å². The van der Waals surface area contributed by atoms with Crippen LogP contribution < -0.4 is 10.2 Å². The molecule has 0 aliphatic heterocycles. The van der Waals surface area contributed by atoms with Gasteiger partial charge in [-0.05, 0) is 48.0 Å². The number of aromatic nitrogens is 1. The van der Waals surface area contributed by atoms with Crippen molar-refractivity contribution in [3.8, 4) is 0 Å². The van der Waals surface area contributed by atoms with Gasteiger partial charge in [0, 0.05) is 29.9 Å². The van der Waals surface area contributed by atoms with E-state index in [9.17, 15) is 18.4 Å². The Labute approximate surface area is 170 Å². The van der Waals surface area contributed by atoms with Crippen LogP contribution in [0.5, 0.6) is 0 Å². The van der Waals surface area contributed by atoms with Crippen molar-refractivity contribution in [3.63, 3.8) is 0 Å². The van der Waals surface area contributed by atoms with Crippen LogP contribution in [0.3, 0.4) is 0 Å². The minimum atomic E-state index is -0.483. The van der Waals surface area contributed by atoms with E-state index in [0.717, 1.165) is 6.07 Å². The van der Waals surface area contributed by atoms with Gasteiger partial charge in [0.15, 0.2) is 0 Å². The average molecular weight is 416 g/mol. The Kier molecular flexibility index (Phi) is 6.19. The van der Waals surface area contributed by atoms with E-state index >= 15 is 0 Å². The maximum atomic E-state index is 13.2. The van der Waals surface area contributed by atoms with Gasteiger partial charge in [0.05, 0.1) is 12.1 Å². The molecule has 0 saturated heterocycles. The van der Waals surface area contributed by atoms with E-state index in [2.05, 4.69) is 10.3 Å². The van der Waals surface area contributed by atoms with Gasteiger partial charge < -0.3 is 5.32 Å². The number of nitrogens with one attached hydrogen (secondary N) is 1. The maximum absolute atomic E-state index is 13.2. The number of hydrogen-bond acceptors (Lipinski definition) is 3. The van der Waals surface area contributed by atoms with Crippen molar-refractivity contribution < 1.29 is 18.4 Å². The summed E-state index contributed by atoms with van der Waals surface area (Å²) in [4.78, 5) is 29.9. The molecule has 3 aromatic rings. The Morgan fingerprint density at radius 3 is 2.38 bits per heavy atom. The minimum absolute atomic E-state index is 0.0504. The van der Waals surface area contributed by atoms with E-state index in [-0.39, 0.29) is 29.1 Å². The van der Waals surface area contributed by atoms with Crippen LogP contribution in [0, 0.1) is 11.6 Å². The normalized spacial score (nSPS) is 10.5. The number of nitrogens with zero attached hydrogens (tertiary/aromatic N) is 2. The van der Waals surface area contributed by atoms with Gasteiger partial charge in [-0.3, -0.25) is 14.5 Å². The Balaban J connectivity index is 1.79. The fourth-order valence-electron chi connectivity index (χ4n) is 2.73. The zero-order valence-corrected chi connectivity index (χ0v) is 16.1. The van der Waals surface area contributed by atoms with E-state index in [1.807, 2.05) is 0 Å². The first-order valence-corrected chi connectivity index (χ1v) is 8.97. The molecule has 1 aromatic heterocycles. The third-order valence-electron chi connectivity index (χ3n) is 4.02. The van der Waals surface area contributed by atoms with E-state index in [1.54, 1.807) is 6.07 Å². The number of halogens is 3. The van der Waals surface area contributed by atoms with Crippen molar-refractivity contribution in [2.24, 2.45) is 0 Å². The second-order valence-corrected chi connectivity index (χ2v) is 6.60. The fraction of sp³-hybridized carbons (Fsp3) is 0.0952. The molecule has 0 atom stereocenters. The van der Waals surface area contributed by atoms with Crippen LogP contribution >= 0.6 is 11.6 Å². The molecule has 0 bridgehead atoms. The first-order chi connectivity index (χ1) is 13.8. The number of carbonyl (C=O) groups excluding carboxylic acids is 2. The summed E-state index contributed by atoms with van der Waals surface area (Å²) in [6, 6.07) is 12.3. The van der Waals surface area contributed by atoms with Crippen LogP contribution in [0.15, 0.2) is 60.8 Å². The molecule has 0 aliphatic rings. The molecule has 0 unspecified atom stereocenters. The minimum Gasteiger partial charge on any atom is -0.326 e. The molecule has 3 rings (SSSR count). The summed E-state index contributed by atoms with van der Waals surface area (Å²) in [5.74, 6) is -1.34. The molecule has 0 fully saturated rings. The maximum Gasteiger partial charge on any atom is 0.229 e. The summed E-state index contributed by atoms with van der Waals surface area (Å²) >= 11 is 5.96. The molecule has 0 saturated carbocycles. The van der Waals surface area contributed by atoms with Gasteiger partial charge >= 0.3 is 0 Å².